The highest BCUT2D eigenvalue weighted by Crippen LogP contribution is 2.32. The zero-order valence-corrected chi connectivity index (χ0v) is 15.3. The van der Waals surface area contributed by atoms with Gasteiger partial charge in [0, 0.05) is 51.3 Å². The van der Waals surface area contributed by atoms with Crippen molar-refractivity contribution >= 4 is 5.91 Å². The van der Waals surface area contributed by atoms with Crippen LogP contribution < -0.4 is 0 Å². The summed E-state index contributed by atoms with van der Waals surface area (Å²) in [6, 6.07) is 0.501. The number of ether oxygens (including phenoxy) is 1. The third kappa shape index (κ3) is 2.98. The Morgan fingerprint density at radius 3 is 2.56 bits per heavy atom. The zero-order chi connectivity index (χ0) is 17.7. The molecule has 4 heterocycles. The molecular formula is C18H28N4O3. The number of aryl methyl sites for hydroxylation is 1. The fourth-order valence-corrected chi connectivity index (χ4v) is 4.50. The van der Waals surface area contributed by atoms with Crippen LogP contribution >= 0.6 is 0 Å². The van der Waals surface area contributed by atoms with Crippen LogP contribution in [0.2, 0.25) is 0 Å². The summed E-state index contributed by atoms with van der Waals surface area (Å²) in [6.45, 7) is 7.17. The van der Waals surface area contributed by atoms with Gasteiger partial charge in [-0.05, 0) is 26.7 Å². The van der Waals surface area contributed by atoms with E-state index in [9.17, 15) is 9.90 Å². The minimum Gasteiger partial charge on any atom is -0.390 e. The lowest BCUT2D eigenvalue weighted by Crippen LogP contribution is -2.58. The van der Waals surface area contributed by atoms with Gasteiger partial charge in [-0.2, -0.15) is 5.10 Å². The van der Waals surface area contributed by atoms with Gasteiger partial charge in [-0.3, -0.25) is 14.4 Å². The first-order valence-electron chi connectivity index (χ1n) is 9.36. The predicted octanol–water partition coefficient (Wildman–Crippen LogP) is 0.723. The molecular weight excluding hydrogens is 320 g/mol. The minimum atomic E-state index is -0.160. The third-order valence-electron chi connectivity index (χ3n) is 5.85. The number of fused-ring (bicyclic) bond motifs is 1. The van der Waals surface area contributed by atoms with Gasteiger partial charge in [0.15, 0.2) is 0 Å². The monoisotopic (exact) mass is 348 g/mol. The Balaban J connectivity index is 1.47. The van der Waals surface area contributed by atoms with Crippen molar-refractivity contribution < 1.29 is 14.6 Å². The summed E-state index contributed by atoms with van der Waals surface area (Å²) in [5.74, 6) is 0.0969. The molecule has 0 aliphatic carbocycles. The molecule has 2 saturated heterocycles. The van der Waals surface area contributed by atoms with E-state index in [0.29, 0.717) is 6.04 Å². The molecule has 1 aromatic rings. The normalized spacial score (nSPS) is 28.7. The highest BCUT2D eigenvalue weighted by Gasteiger charge is 2.36. The molecule has 25 heavy (non-hydrogen) atoms. The number of amides is 1. The summed E-state index contributed by atoms with van der Waals surface area (Å²) < 4.78 is 7.59. The maximum atomic E-state index is 13.1. The van der Waals surface area contributed by atoms with Crippen molar-refractivity contribution in [2.75, 3.05) is 26.2 Å². The molecule has 1 aromatic heterocycles. The number of likely N-dealkylation sites (tertiary alicyclic amines) is 2. The smallest absolute Gasteiger partial charge is 0.272 e. The van der Waals surface area contributed by atoms with Crippen molar-refractivity contribution in [3.63, 3.8) is 0 Å². The number of piperidine rings is 1. The van der Waals surface area contributed by atoms with E-state index in [1.807, 2.05) is 25.8 Å². The second-order valence-electron chi connectivity index (χ2n) is 7.76. The number of aromatic nitrogens is 2. The average Bonchev–Trinajstić information content (AvgIpc) is 2.88. The van der Waals surface area contributed by atoms with Crippen molar-refractivity contribution in [2.45, 2.75) is 57.5 Å². The third-order valence-corrected chi connectivity index (χ3v) is 5.85. The van der Waals surface area contributed by atoms with Gasteiger partial charge in [0.1, 0.15) is 5.69 Å². The van der Waals surface area contributed by atoms with Crippen molar-refractivity contribution in [3.05, 3.63) is 17.0 Å². The second-order valence-corrected chi connectivity index (χ2v) is 7.76. The lowest BCUT2D eigenvalue weighted by Gasteiger charge is -2.45. The Bertz CT molecular complexity index is 660. The zero-order valence-electron chi connectivity index (χ0n) is 15.3. The molecule has 4 rings (SSSR count). The lowest BCUT2D eigenvalue weighted by atomic mass is 9.96. The van der Waals surface area contributed by atoms with Gasteiger partial charge < -0.3 is 14.7 Å². The number of carbonyl (C=O) groups is 1. The van der Waals surface area contributed by atoms with Gasteiger partial charge in [0.25, 0.3) is 5.91 Å². The molecule has 1 amide bonds. The molecule has 0 spiro atoms. The van der Waals surface area contributed by atoms with E-state index in [2.05, 4.69) is 10.00 Å². The summed E-state index contributed by atoms with van der Waals surface area (Å²) in [7, 11) is 1.86. The Hall–Kier alpha value is -1.44. The number of β-amino-alcohol motifs (C(OH)–C–C–N with tert-alkyl or cyclic N) is 1. The van der Waals surface area contributed by atoms with Crippen molar-refractivity contribution in [3.8, 4) is 0 Å². The molecule has 2 atom stereocenters. The molecule has 0 saturated carbocycles. The van der Waals surface area contributed by atoms with Gasteiger partial charge >= 0.3 is 0 Å². The molecule has 0 bridgehead atoms. The molecule has 7 heteroatoms. The molecule has 3 aliphatic rings. The number of nitrogens with zero attached hydrogens (tertiary/aromatic N) is 4. The Labute approximate surface area is 148 Å². The highest BCUT2D eigenvalue weighted by atomic mass is 16.5. The van der Waals surface area contributed by atoms with Gasteiger partial charge in [-0.1, -0.05) is 0 Å². The standard InChI is InChI=1S/C18H28N4O3/c1-11-8-15-16(12(2)25-11)19-20(3)17(15)18(24)21-6-4-13(5-7-21)22-9-14(23)10-22/h11-14,23H,4-10H2,1-3H3/t11-,12+/m1/s1. The van der Waals surface area contributed by atoms with E-state index >= 15 is 0 Å². The van der Waals surface area contributed by atoms with Crippen LogP contribution in [0.3, 0.4) is 0 Å². The number of carbonyl (C=O) groups excluding carboxylic acids is 1. The van der Waals surface area contributed by atoms with Crippen molar-refractivity contribution in [1.82, 2.24) is 19.6 Å². The highest BCUT2D eigenvalue weighted by molar-refractivity contribution is 5.94. The summed E-state index contributed by atoms with van der Waals surface area (Å²) in [4.78, 5) is 17.4. The maximum absolute atomic E-state index is 13.1. The van der Waals surface area contributed by atoms with E-state index in [1.54, 1.807) is 4.68 Å². The summed E-state index contributed by atoms with van der Waals surface area (Å²) in [5.41, 5.74) is 2.70. The van der Waals surface area contributed by atoms with E-state index in [-0.39, 0.29) is 24.2 Å². The first kappa shape index (κ1) is 17.0. The molecule has 2 fully saturated rings. The SMILES string of the molecule is C[C@@H]1Cc2c(nn(C)c2C(=O)N2CCC(N3CC(O)C3)CC2)[C@H](C)O1. The fraction of sp³-hybridized carbons (Fsp3) is 0.778. The van der Waals surface area contributed by atoms with Gasteiger partial charge in [-0.15, -0.1) is 0 Å². The molecule has 138 valence electrons. The Morgan fingerprint density at radius 2 is 1.92 bits per heavy atom. The van der Waals surface area contributed by atoms with E-state index in [4.69, 9.17) is 4.74 Å². The van der Waals surface area contributed by atoms with Crippen LogP contribution in [0, 0.1) is 0 Å². The van der Waals surface area contributed by atoms with Gasteiger partial charge in [0.2, 0.25) is 0 Å². The molecule has 0 radical (unpaired) electrons. The maximum Gasteiger partial charge on any atom is 0.272 e. The minimum absolute atomic E-state index is 0.0601. The van der Waals surface area contributed by atoms with Crippen LogP contribution in [-0.4, -0.2) is 75.0 Å². The van der Waals surface area contributed by atoms with Gasteiger partial charge in [0.05, 0.1) is 24.0 Å². The number of aliphatic hydroxyl groups excluding tert-OH is 1. The van der Waals surface area contributed by atoms with Crippen molar-refractivity contribution in [2.24, 2.45) is 7.05 Å². The Morgan fingerprint density at radius 1 is 1.24 bits per heavy atom. The van der Waals surface area contributed by atoms with Crippen LogP contribution in [0.1, 0.15) is 54.5 Å². The summed E-state index contributed by atoms with van der Waals surface area (Å²) in [6.07, 6.45) is 2.60. The first-order chi connectivity index (χ1) is 11.9. The number of rotatable bonds is 2. The molecule has 0 aromatic carbocycles. The molecule has 3 aliphatic heterocycles. The topological polar surface area (TPSA) is 70.8 Å². The first-order valence-corrected chi connectivity index (χ1v) is 9.36. The van der Waals surface area contributed by atoms with E-state index < -0.39 is 0 Å². The fourth-order valence-electron chi connectivity index (χ4n) is 4.50. The van der Waals surface area contributed by atoms with E-state index in [0.717, 1.165) is 62.4 Å². The van der Waals surface area contributed by atoms with Crippen LogP contribution in [0.25, 0.3) is 0 Å². The lowest BCUT2D eigenvalue weighted by molar-refractivity contribution is -0.0382. The largest absolute Gasteiger partial charge is 0.390 e. The molecule has 0 unspecified atom stereocenters. The predicted molar refractivity (Wildman–Crippen MR) is 92.4 cm³/mol. The second kappa shape index (κ2) is 6.37. The van der Waals surface area contributed by atoms with Gasteiger partial charge in [-0.25, -0.2) is 0 Å². The molecule has 1 N–H and O–H groups in total. The average molecular weight is 348 g/mol. The van der Waals surface area contributed by atoms with Crippen LogP contribution in [0.5, 0.6) is 0 Å². The molecule has 7 nitrogen and oxygen atoms in total. The summed E-state index contributed by atoms with van der Waals surface area (Å²) in [5, 5.41) is 14.0. The Kier molecular flexibility index (Phi) is 4.33. The quantitative estimate of drug-likeness (QED) is 0.853. The number of hydrogen-bond donors (Lipinski definition) is 1. The van der Waals surface area contributed by atoms with Crippen LogP contribution in [0.4, 0.5) is 0 Å². The van der Waals surface area contributed by atoms with E-state index in [1.165, 1.54) is 0 Å². The van der Waals surface area contributed by atoms with Crippen LogP contribution in [-0.2, 0) is 18.2 Å². The number of aliphatic hydroxyl groups is 1. The number of hydrogen-bond acceptors (Lipinski definition) is 5. The van der Waals surface area contributed by atoms with Crippen LogP contribution in [0.15, 0.2) is 0 Å². The summed E-state index contributed by atoms with van der Waals surface area (Å²) >= 11 is 0. The van der Waals surface area contributed by atoms with Crippen molar-refractivity contribution in [1.29, 1.82) is 0 Å².